The summed E-state index contributed by atoms with van der Waals surface area (Å²) in [4.78, 5) is 0. The smallest absolute Gasteiger partial charge is 0.123 e. The van der Waals surface area contributed by atoms with Crippen LogP contribution in [-0.2, 0) is 0 Å². The van der Waals surface area contributed by atoms with Gasteiger partial charge in [-0.1, -0.05) is 0 Å². The molecule has 1 unspecified atom stereocenters. The van der Waals surface area contributed by atoms with Crippen molar-refractivity contribution >= 4 is 0 Å². The molecule has 16 heavy (non-hydrogen) atoms. The molecule has 1 aromatic carbocycles. The number of benzene rings is 1. The van der Waals surface area contributed by atoms with Gasteiger partial charge in [0.25, 0.3) is 0 Å². The Bertz CT molecular complexity index is 340. The molecule has 0 radical (unpaired) electrons. The van der Waals surface area contributed by atoms with E-state index >= 15 is 0 Å². The van der Waals surface area contributed by atoms with Crippen molar-refractivity contribution in [3.8, 4) is 11.5 Å². The molecule has 0 aliphatic carbocycles. The molecule has 0 amide bonds. The molecule has 0 heterocycles. The molecule has 1 rings (SSSR count). The molecule has 1 aromatic rings. The topological polar surface area (TPSA) is 33.7 Å². The minimum atomic E-state index is 0.167. The minimum Gasteiger partial charge on any atom is -0.497 e. The van der Waals surface area contributed by atoms with E-state index in [2.05, 4.69) is 12.3 Å². The second-order valence-corrected chi connectivity index (χ2v) is 3.85. The molecule has 0 aromatic heterocycles. The second kappa shape index (κ2) is 5.72. The predicted molar refractivity (Wildman–Crippen MR) is 64.8 cm³/mol. The van der Waals surface area contributed by atoms with Gasteiger partial charge in [0.05, 0.1) is 14.2 Å². The van der Waals surface area contributed by atoms with Crippen LogP contribution in [0.15, 0.2) is 18.2 Å². The maximum absolute atomic E-state index is 5.33. The van der Waals surface area contributed by atoms with Gasteiger partial charge in [0.15, 0.2) is 0 Å². The summed E-state index contributed by atoms with van der Waals surface area (Å²) in [5.74, 6) is 1.70. The molecule has 4 heteroatoms. The third kappa shape index (κ3) is 3.12. The summed E-state index contributed by atoms with van der Waals surface area (Å²) in [5.41, 5.74) is 4.36. The molecule has 0 saturated heterocycles. The molecule has 0 spiro atoms. The lowest BCUT2D eigenvalue weighted by molar-refractivity contribution is 0.248. The summed E-state index contributed by atoms with van der Waals surface area (Å²) in [5, 5.41) is 1.92. The average Bonchev–Trinajstić information content (AvgIpc) is 2.27. The summed E-state index contributed by atoms with van der Waals surface area (Å²) < 4.78 is 10.5. The van der Waals surface area contributed by atoms with Crippen LogP contribution in [0.2, 0.25) is 0 Å². The van der Waals surface area contributed by atoms with Crippen LogP contribution >= 0.6 is 0 Å². The molecule has 1 atom stereocenters. The van der Waals surface area contributed by atoms with Crippen molar-refractivity contribution in [2.75, 3.05) is 28.3 Å². The number of hydrogen-bond donors (Lipinski definition) is 1. The van der Waals surface area contributed by atoms with Crippen molar-refractivity contribution in [2.24, 2.45) is 0 Å². The average molecular weight is 224 g/mol. The van der Waals surface area contributed by atoms with Gasteiger partial charge in [0.2, 0.25) is 0 Å². The van der Waals surface area contributed by atoms with Gasteiger partial charge >= 0.3 is 0 Å². The minimum absolute atomic E-state index is 0.167. The quantitative estimate of drug-likeness (QED) is 0.774. The summed E-state index contributed by atoms with van der Waals surface area (Å²) in [6.07, 6.45) is 0. The first kappa shape index (κ1) is 12.8. The Morgan fingerprint density at radius 2 is 1.88 bits per heavy atom. The van der Waals surface area contributed by atoms with E-state index in [0.717, 1.165) is 17.1 Å². The van der Waals surface area contributed by atoms with E-state index in [-0.39, 0.29) is 6.04 Å². The van der Waals surface area contributed by atoms with Crippen LogP contribution in [0.5, 0.6) is 11.5 Å². The van der Waals surface area contributed by atoms with Crippen LogP contribution in [0.4, 0.5) is 0 Å². The molecule has 0 aliphatic rings. The maximum Gasteiger partial charge on any atom is 0.123 e. The summed E-state index contributed by atoms with van der Waals surface area (Å²) in [7, 11) is 7.26. The summed E-state index contributed by atoms with van der Waals surface area (Å²) in [6, 6.07) is 5.97. The van der Waals surface area contributed by atoms with Gasteiger partial charge in [0.1, 0.15) is 11.5 Å². The molecule has 0 saturated carbocycles. The highest BCUT2D eigenvalue weighted by Gasteiger charge is 2.12. The Hall–Kier alpha value is -1.26. The van der Waals surface area contributed by atoms with Gasteiger partial charge in [0, 0.05) is 25.7 Å². The van der Waals surface area contributed by atoms with E-state index in [0.29, 0.717) is 0 Å². The van der Waals surface area contributed by atoms with Gasteiger partial charge in [-0.25, -0.2) is 5.43 Å². The van der Waals surface area contributed by atoms with Crippen molar-refractivity contribution in [3.63, 3.8) is 0 Å². The van der Waals surface area contributed by atoms with Crippen LogP contribution in [-0.4, -0.2) is 33.3 Å². The van der Waals surface area contributed by atoms with Crippen molar-refractivity contribution in [3.05, 3.63) is 23.8 Å². The van der Waals surface area contributed by atoms with E-state index in [1.54, 1.807) is 14.2 Å². The fourth-order valence-electron chi connectivity index (χ4n) is 1.63. The van der Waals surface area contributed by atoms with Gasteiger partial charge < -0.3 is 9.47 Å². The monoisotopic (exact) mass is 224 g/mol. The lowest BCUT2D eigenvalue weighted by Gasteiger charge is -2.21. The number of nitrogens with zero attached hydrogens (tertiary/aromatic N) is 1. The maximum atomic E-state index is 5.33. The van der Waals surface area contributed by atoms with Crippen LogP contribution < -0.4 is 14.9 Å². The number of ether oxygens (including phenoxy) is 2. The van der Waals surface area contributed by atoms with E-state index in [4.69, 9.17) is 9.47 Å². The third-order valence-corrected chi connectivity index (χ3v) is 2.36. The Morgan fingerprint density at radius 3 is 2.38 bits per heavy atom. The molecular weight excluding hydrogens is 204 g/mol. The zero-order valence-electron chi connectivity index (χ0n) is 10.6. The van der Waals surface area contributed by atoms with Crippen molar-refractivity contribution < 1.29 is 9.47 Å². The van der Waals surface area contributed by atoms with E-state index in [1.165, 1.54) is 0 Å². The molecule has 90 valence electrons. The Kier molecular flexibility index (Phi) is 4.58. The van der Waals surface area contributed by atoms with E-state index < -0.39 is 0 Å². The first-order valence-corrected chi connectivity index (χ1v) is 5.24. The molecule has 4 nitrogen and oxygen atoms in total. The fourth-order valence-corrected chi connectivity index (χ4v) is 1.63. The Balaban J connectivity index is 2.98. The van der Waals surface area contributed by atoms with Crippen LogP contribution in [0.25, 0.3) is 0 Å². The van der Waals surface area contributed by atoms with Gasteiger partial charge in [-0.05, 0) is 25.1 Å². The summed E-state index contributed by atoms with van der Waals surface area (Å²) >= 11 is 0. The number of rotatable bonds is 5. The highest BCUT2D eigenvalue weighted by molar-refractivity contribution is 5.41. The van der Waals surface area contributed by atoms with Crippen molar-refractivity contribution in [1.82, 2.24) is 10.4 Å². The molecule has 0 aliphatic heterocycles. The molecule has 1 N–H and O–H groups in total. The molecule has 0 bridgehead atoms. The standard InChI is InChI=1S/C12H20N2O2/c1-9(13-14(2)3)11-8-10(15-4)6-7-12(11)16-5/h6-9,13H,1-5H3. The highest BCUT2D eigenvalue weighted by Crippen LogP contribution is 2.29. The Labute approximate surface area is 97.1 Å². The first-order valence-electron chi connectivity index (χ1n) is 5.24. The van der Waals surface area contributed by atoms with Gasteiger partial charge in [-0.2, -0.15) is 0 Å². The predicted octanol–water partition coefficient (Wildman–Crippen LogP) is 1.83. The number of nitrogens with one attached hydrogen (secondary N) is 1. The number of hydrogen-bond acceptors (Lipinski definition) is 4. The number of methoxy groups -OCH3 is 2. The SMILES string of the molecule is COc1ccc(OC)c(C(C)NN(C)C)c1. The lowest BCUT2D eigenvalue weighted by Crippen LogP contribution is -2.32. The Morgan fingerprint density at radius 1 is 1.19 bits per heavy atom. The second-order valence-electron chi connectivity index (χ2n) is 3.85. The largest absolute Gasteiger partial charge is 0.497 e. The van der Waals surface area contributed by atoms with Crippen LogP contribution in [0.3, 0.4) is 0 Å². The molecule has 0 fully saturated rings. The number of hydrazine groups is 1. The highest BCUT2D eigenvalue weighted by atomic mass is 16.5. The molecular formula is C12H20N2O2. The lowest BCUT2D eigenvalue weighted by atomic mass is 10.1. The van der Waals surface area contributed by atoms with Crippen LogP contribution in [0.1, 0.15) is 18.5 Å². The van der Waals surface area contributed by atoms with Gasteiger partial charge in [-0.15, -0.1) is 0 Å². The third-order valence-electron chi connectivity index (χ3n) is 2.36. The van der Waals surface area contributed by atoms with Crippen LogP contribution in [0, 0.1) is 0 Å². The van der Waals surface area contributed by atoms with E-state index in [1.807, 2.05) is 37.3 Å². The zero-order valence-corrected chi connectivity index (χ0v) is 10.6. The fraction of sp³-hybridized carbons (Fsp3) is 0.500. The van der Waals surface area contributed by atoms with Gasteiger partial charge in [-0.3, -0.25) is 5.01 Å². The van der Waals surface area contributed by atoms with Crippen molar-refractivity contribution in [1.29, 1.82) is 0 Å². The summed E-state index contributed by atoms with van der Waals surface area (Å²) in [6.45, 7) is 2.08. The van der Waals surface area contributed by atoms with E-state index in [9.17, 15) is 0 Å². The first-order chi connectivity index (χ1) is 7.58. The van der Waals surface area contributed by atoms with Crippen molar-refractivity contribution in [2.45, 2.75) is 13.0 Å². The normalized spacial score (nSPS) is 12.6. The zero-order chi connectivity index (χ0) is 12.1.